The van der Waals surface area contributed by atoms with E-state index in [1.807, 2.05) is 53.5 Å². The largest absolute Gasteiger partial charge is 0.459 e. The number of hydrogen-bond acceptors (Lipinski definition) is 11. The Morgan fingerprint density at radius 1 is 0.761 bits per heavy atom. The Balaban J connectivity index is 5.33. The number of unbranched alkanes of at least 4 members (excludes halogenated alkanes) is 2. The highest BCUT2D eigenvalue weighted by Gasteiger charge is 2.33. The summed E-state index contributed by atoms with van der Waals surface area (Å²) in [5, 5.41) is 0. The molecule has 0 fully saturated rings. The Hall–Kier alpha value is -2.96. The van der Waals surface area contributed by atoms with Gasteiger partial charge in [-0.05, 0) is 54.1 Å². The summed E-state index contributed by atoms with van der Waals surface area (Å²) in [7, 11) is 3.51. The van der Waals surface area contributed by atoms with Crippen LogP contribution in [0, 0.1) is 5.92 Å². The first kappa shape index (κ1) is 43.0. The number of amides is 1. The monoisotopic (exact) mass is 656 g/mol. The molecule has 0 aliphatic rings. The Bertz CT molecular complexity index is 952. The molecule has 0 N–H and O–H groups in total. The first-order valence-electron chi connectivity index (χ1n) is 16.2. The topological polar surface area (TPSA) is 130 Å². The summed E-state index contributed by atoms with van der Waals surface area (Å²) in [6.45, 7) is 21.8. The van der Waals surface area contributed by atoms with Crippen LogP contribution in [0.25, 0.3) is 0 Å². The van der Waals surface area contributed by atoms with Gasteiger partial charge in [-0.1, -0.05) is 46.8 Å². The molecule has 0 aromatic heterocycles. The minimum atomic E-state index is -0.834. The molecule has 12 heteroatoms. The van der Waals surface area contributed by atoms with Crippen molar-refractivity contribution in [1.29, 1.82) is 0 Å². The van der Waals surface area contributed by atoms with Crippen molar-refractivity contribution in [3.05, 3.63) is 25.3 Å². The molecule has 0 heterocycles. The van der Waals surface area contributed by atoms with Gasteiger partial charge in [-0.15, -0.1) is 0 Å². The summed E-state index contributed by atoms with van der Waals surface area (Å²) in [6.07, 6.45) is 4.02. The van der Waals surface area contributed by atoms with Crippen molar-refractivity contribution in [3.8, 4) is 0 Å². The quantitative estimate of drug-likeness (QED) is 0.0752. The molecule has 3 unspecified atom stereocenters. The van der Waals surface area contributed by atoms with E-state index in [0.717, 1.165) is 44.4 Å². The Morgan fingerprint density at radius 2 is 1.30 bits per heavy atom. The fourth-order valence-electron chi connectivity index (χ4n) is 4.00. The molecule has 3 atom stereocenters. The van der Waals surface area contributed by atoms with Crippen molar-refractivity contribution in [3.63, 3.8) is 0 Å². The molecule has 1 amide bonds. The molecule has 0 spiro atoms. The van der Waals surface area contributed by atoms with Crippen LogP contribution < -0.4 is 0 Å². The van der Waals surface area contributed by atoms with E-state index in [-0.39, 0.29) is 45.3 Å². The zero-order chi connectivity index (χ0) is 35.3. The zero-order valence-corrected chi connectivity index (χ0v) is 29.8. The Morgan fingerprint density at radius 3 is 1.85 bits per heavy atom. The van der Waals surface area contributed by atoms with Gasteiger partial charge in [0.1, 0.15) is 19.3 Å². The second-order valence-electron chi connectivity index (χ2n) is 12.7. The standard InChI is InChI=1S/C34H60N2O10/c1-12-16-18-35(10)21-31(39)45-27(23-41-29(37)14-3)20-33(6,7)43-22-26(5)34(8,9)44-25-28(24-42-30(38)15-4)46-32(40)36(11)19-17-13-2/h14-15,26-28H,3-4,12-13,16-25H2,1-2,5-11H3. The first-order valence-corrected chi connectivity index (χ1v) is 16.2. The minimum absolute atomic E-state index is 0.0160. The van der Waals surface area contributed by atoms with Crippen molar-refractivity contribution in [2.75, 3.05) is 60.2 Å². The smallest absolute Gasteiger partial charge is 0.409 e. The highest BCUT2D eigenvalue weighted by molar-refractivity contribution is 5.81. The fourth-order valence-corrected chi connectivity index (χ4v) is 4.00. The van der Waals surface area contributed by atoms with Crippen LogP contribution in [-0.2, 0) is 42.8 Å². The summed E-state index contributed by atoms with van der Waals surface area (Å²) in [6, 6.07) is 0. The number of nitrogens with zero attached hydrogens (tertiary/aromatic N) is 2. The Kier molecular flexibility index (Phi) is 21.1. The van der Waals surface area contributed by atoms with Crippen LogP contribution in [-0.4, -0.2) is 117 Å². The number of hydrogen-bond donors (Lipinski definition) is 0. The molecule has 46 heavy (non-hydrogen) atoms. The van der Waals surface area contributed by atoms with E-state index in [1.165, 1.54) is 4.90 Å². The van der Waals surface area contributed by atoms with Gasteiger partial charge in [-0.3, -0.25) is 9.69 Å². The van der Waals surface area contributed by atoms with Crippen LogP contribution in [0.1, 0.15) is 80.6 Å². The third kappa shape index (κ3) is 19.5. The van der Waals surface area contributed by atoms with Gasteiger partial charge in [0.2, 0.25) is 0 Å². The zero-order valence-electron chi connectivity index (χ0n) is 29.8. The van der Waals surface area contributed by atoms with Crippen molar-refractivity contribution < 1.29 is 47.6 Å². The van der Waals surface area contributed by atoms with Gasteiger partial charge in [-0.2, -0.15) is 0 Å². The van der Waals surface area contributed by atoms with Gasteiger partial charge >= 0.3 is 24.0 Å². The van der Waals surface area contributed by atoms with Gasteiger partial charge in [0.15, 0.2) is 6.10 Å². The van der Waals surface area contributed by atoms with E-state index < -0.39 is 47.4 Å². The maximum Gasteiger partial charge on any atom is 0.409 e. The molecule has 0 rings (SSSR count). The molecule has 0 aliphatic heterocycles. The first-order chi connectivity index (χ1) is 21.5. The summed E-state index contributed by atoms with van der Waals surface area (Å²) in [4.78, 5) is 52.0. The SMILES string of the molecule is C=CC(=O)OCC(CC(C)(C)OCC(C)C(C)(C)OCC(COC(=O)C=C)OC(=O)N(C)CCCC)OC(=O)CN(C)CCCC. The summed E-state index contributed by atoms with van der Waals surface area (Å²) in [5.41, 5.74) is -1.49. The maximum absolute atomic E-state index is 12.7. The van der Waals surface area contributed by atoms with E-state index in [2.05, 4.69) is 20.1 Å². The van der Waals surface area contributed by atoms with Gasteiger partial charge in [0, 0.05) is 38.1 Å². The molecular weight excluding hydrogens is 596 g/mol. The molecule has 0 radical (unpaired) electrons. The number of carbonyl (C=O) groups excluding carboxylic acids is 4. The van der Waals surface area contributed by atoms with Crippen LogP contribution in [0.3, 0.4) is 0 Å². The lowest BCUT2D eigenvalue weighted by molar-refractivity contribution is -0.165. The van der Waals surface area contributed by atoms with Crippen LogP contribution in [0.5, 0.6) is 0 Å². The third-order valence-electron chi connectivity index (χ3n) is 7.44. The van der Waals surface area contributed by atoms with Crippen LogP contribution in [0.2, 0.25) is 0 Å². The van der Waals surface area contributed by atoms with E-state index in [9.17, 15) is 19.2 Å². The molecule has 0 aromatic rings. The van der Waals surface area contributed by atoms with Gasteiger partial charge in [0.05, 0.1) is 31.0 Å². The average molecular weight is 657 g/mol. The normalized spacial score (nSPS) is 13.7. The molecular formula is C34H60N2O10. The van der Waals surface area contributed by atoms with Crippen molar-refractivity contribution in [2.24, 2.45) is 5.92 Å². The van der Waals surface area contributed by atoms with Crippen molar-refractivity contribution in [1.82, 2.24) is 9.80 Å². The highest BCUT2D eigenvalue weighted by Crippen LogP contribution is 2.26. The van der Waals surface area contributed by atoms with Gasteiger partial charge < -0.3 is 33.3 Å². The second kappa shape index (κ2) is 22.5. The predicted molar refractivity (Wildman–Crippen MR) is 176 cm³/mol. The van der Waals surface area contributed by atoms with Crippen LogP contribution in [0.15, 0.2) is 25.3 Å². The maximum atomic E-state index is 12.7. The number of ether oxygens (including phenoxy) is 6. The molecule has 0 aliphatic carbocycles. The Labute approximate surface area is 276 Å². The number of esters is 3. The summed E-state index contributed by atoms with van der Waals surface area (Å²) >= 11 is 0. The fraction of sp³-hybridized carbons (Fsp3) is 0.765. The molecule has 12 nitrogen and oxygen atoms in total. The second-order valence-corrected chi connectivity index (χ2v) is 12.7. The third-order valence-corrected chi connectivity index (χ3v) is 7.44. The van der Waals surface area contributed by atoms with Crippen molar-refractivity contribution in [2.45, 2.75) is 104 Å². The number of carbonyl (C=O) groups is 4. The summed E-state index contributed by atoms with van der Waals surface area (Å²) < 4.78 is 34.1. The molecule has 0 saturated carbocycles. The van der Waals surface area contributed by atoms with E-state index in [0.29, 0.717) is 6.54 Å². The highest BCUT2D eigenvalue weighted by atomic mass is 16.6. The van der Waals surface area contributed by atoms with Crippen LogP contribution >= 0.6 is 0 Å². The predicted octanol–water partition coefficient (Wildman–Crippen LogP) is 4.94. The van der Waals surface area contributed by atoms with Crippen LogP contribution in [0.4, 0.5) is 4.79 Å². The number of likely N-dealkylation sites (N-methyl/N-ethyl adjacent to an activating group) is 1. The summed E-state index contributed by atoms with van der Waals surface area (Å²) in [5.74, 6) is -1.79. The lowest BCUT2D eigenvalue weighted by Gasteiger charge is -2.36. The lowest BCUT2D eigenvalue weighted by Crippen LogP contribution is -2.43. The molecule has 0 aromatic carbocycles. The van der Waals surface area contributed by atoms with Crippen molar-refractivity contribution >= 4 is 24.0 Å². The van der Waals surface area contributed by atoms with E-state index in [4.69, 9.17) is 28.4 Å². The average Bonchev–Trinajstić information content (AvgIpc) is 3.00. The molecule has 266 valence electrons. The van der Waals surface area contributed by atoms with E-state index >= 15 is 0 Å². The van der Waals surface area contributed by atoms with Gasteiger partial charge in [-0.25, -0.2) is 14.4 Å². The number of rotatable bonds is 25. The van der Waals surface area contributed by atoms with E-state index in [1.54, 1.807) is 7.05 Å². The minimum Gasteiger partial charge on any atom is -0.459 e. The molecule has 0 bridgehead atoms. The van der Waals surface area contributed by atoms with Gasteiger partial charge in [0.25, 0.3) is 0 Å². The lowest BCUT2D eigenvalue weighted by atomic mass is 9.92. The molecule has 0 saturated heterocycles.